The molecule has 1 aromatic carbocycles. The van der Waals surface area contributed by atoms with Gasteiger partial charge in [-0.2, -0.15) is 0 Å². The molecule has 0 fully saturated rings. The average molecular weight is 273 g/mol. The summed E-state index contributed by atoms with van der Waals surface area (Å²) >= 11 is 7.34. The Hall–Kier alpha value is -0.710. The van der Waals surface area contributed by atoms with Gasteiger partial charge in [-0.15, -0.1) is 11.8 Å². The lowest BCUT2D eigenvalue weighted by Gasteiger charge is -2.08. The smallest absolute Gasteiger partial charge is 0.230 e. The van der Waals surface area contributed by atoms with Crippen LogP contribution in [0.4, 0.5) is 0 Å². The number of nitrogens with one attached hydrogen (secondary N) is 1. The summed E-state index contributed by atoms with van der Waals surface area (Å²) in [6.07, 6.45) is 0. The number of hydrogen-bond donors (Lipinski definition) is 2. The predicted molar refractivity (Wildman–Crippen MR) is 74.3 cm³/mol. The van der Waals surface area contributed by atoms with E-state index in [1.807, 2.05) is 31.2 Å². The molecule has 0 aromatic heterocycles. The molecule has 0 bridgehead atoms. The Kier molecular flexibility index (Phi) is 6.40. The maximum absolute atomic E-state index is 11.5. The molecule has 1 aromatic rings. The number of carbonyl (C=O) groups excluding carboxylic acids is 1. The van der Waals surface area contributed by atoms with Gasteiger partial charge in [0.1, 0.15) is 0 Å². The van der Waals surface area contributed by atoms with Gasteiger partial charge >= 0.3 is 0 Å². The zero-order valence-electron chi connectivity index (χ0n) is 9.78. The normalized spacial score (nSPS) is 12.2. The molecule has 17 heavy (non-hydrogen) atoms. The number of benzene rings is 1. The van der Waals surface area contributed by atoms with Crippen molar-refractivity contribution in [3.63, 3.8) is 0 Å². The largest absolute Gasteiger partial charge is 0.351 e. The fourth-order valence-electron chi connectivity index (χ4n) is 1.14. The van der Waals surface area contributed by atoms with Crippen LogP contribution < -0.4 is 11.1 Å². The Morgan fingerprint density at radius 1 is 1.47 bits per heavy atom. The van der Waals surface area contributed by atoms with E-state index in [1.54, 1.807) is 11.8 Å². The van der Waals surface area contributed by atoms with E-state index in [0.29, 0.717) is 29.1 Å². The minimum absolute atomic E-state index is 0.0326. The lowest BCUT2D eigenvalue weighted by Crippen LogP contribution is -2.26. The fourth-order valence-corrected chi connectivity index (χ4v) is 1.94. The first-order valence-electron chi connectivity index (χ1n) is 5.44. The second-order valence-corrected chi connectivity index (χ2v) is 5.62. The number of carbonyl (C=O) groups is 1. The average Bonchev–Trinajstić information content (AvgIpc) is 2.35. The molecule has 0 aliphatic rings. The van der Waals surface area contributed by atoms with Gasteiger partial charge < -0.3 is 11.1 Å². The number of hydrogen-bond acceptors (Lipinski definition) is 3. The van der Waals surface area contributed by atoms with Crippen molar-refractivity contribution in [2.45, 2.75) is 18.7 Å². The van der Waals surface area contributed by atoms with Gasteiger partial charge in [-0.3, -0.25) is 4.79 Å². The van der Waals surface area contributed by atoms with Crippen molar-refractivity contribution in [1.29, 1.82) is 0 Å². The third-order valence-corrected chi connectivity index (χ3v) is 3.68. The number of nitrogens with two attached hydrogens (primary N) is 1. The molecule has 5 heteroatoms. The van der Waals surface area contributed by atoms with Crippen molar-refractivity contribution in [2.24, 2.45) is 5.73 Å². The molecule has 0 aliphatic heterocycles. The number of amides is 1. The lowest BCUT2D eigenvalue weighted by molar-refractivity contribution is -0.118. The Morgan fingerprint density at radius 2 is 2.12 bits per heavy atom. The second kappa shape index (κ2) is 7.58. The van der Waals surface area contributed by atoms with Crippen LogP contribution in [0.25, 0.3) is 0 Å². The van der Waals surface area contributed by atoms with Crippen molar-refractivity contribution in [3.05, 3.63) is 34.9 Å². The highest BCUT2D eigenvalue weighted by Gasteiger charge is 2.05. The van der Waals surface area contributed by atoms with E-state index in [4.69, 9.17) is 17.3 Å². The first-order valence-corrected chi connectivity index (χ1v) is 6.87. The minimum Gasteiger partial charge on any atom is -0.351 e. The van der Waals surface area contributed by atoms with Gasteiger partial charge in [0.05, 0.1) is 5.75 Å². The molecular formula is C12H17ClN2OS. The summed E-state index contributed by atoms with van der Waals surface area (Å²) in [5.41, 5.74) is 6.51. The molecule has 94 valence electrons. The zero-order chi connectivity index (χ0) is 12.7. The molecule has 0 radical (unpaired) electrons. The molecule has 1 amide bonds. The quantitative estimate of drug-likeness (QED) is 0.833. The van der Waals surface area contributed by atoms with E-state index in [2.05, 4.69) is 5.32 Å². The summed E-state index contributed by atoms with van der Waals surface area (Å²) in [6.45, 7) is 3.14. The molecule has 1 atom stereocenters. The Bertz CT molecular complexity index is 356. The van der Waals surface area contributed by atoms with Gasteiger partial charge in [0, 0.05) is 23.4 Å². The third-order valence-electron chi connectivity index (χ3n) is 2.23. The fraction of sp³-hybridized carbons (Fsp3) is 0.417. The van der Waals surface area contributed by atoms with Crippen LogP contribution in [0.1, 0.15) is 12.5 Å². The van der Waals surface area contributed by atoms with Crippen LogP contribution in [0, 0.1) is 0 Å². The minimum atomic E-state index is 0.0326. The van der Waals surface area contributed by atoms with Gasteiger partial charge in [-0.25, -0.2) is 0 Å². The Labute approximate surface area is 111 Å². The first-order chi connectivity index (χ1) is 8.11. The van der Waals surface area contributed by atoms with E-state index in [9.17, 15) is 4.79 Å². The van der Waals surface area contributed by atoms with Crippen molar-refractivity contribution in [3.8, 4) is 0 Å². The molecule has 0 saturated carbocycles. The van der Waals surface area contributed by atoms with Crippen molar-refractivity contribution < 1.29 is 4.79 Å². The van der Waals surface area contributed by atoms with Crippen LogP contribution >= 0.6 is 23.4 Å². The van der Waals surface area contributed by atoms with Crippen LogP contribution in [-0.2, 0) is 11.3 Å². The van der Waals surface area contributed by atoms with E-state index in [0.717, 1.165) is 5.56 Å². The second-order valence-electron chi connectivity index (χ2n) is 3.76. The van der Waals surface area contributed by atoms with Crippen molar-refractivity contribution in [1.82, 2.24) is 5.32 Å². The van der Waals surface area contributed by atoms with Crippen LogP contribution in [0.2, 0.25) is 5.02 Å². The summed E-state index contributed by atoms with van der Waals surface area (Å²) in [5.74, 6) is 0.483. The highest BCUT2D eigenvalue weighted by molar-refractivity contribution is 8.00. The lowest BCUT2D eigenvalue weighted by atomic mass is 10.2. The molecular weight excluding hydrogens is 256 g/mol. The third kappa shape index (κ3) is 5.96. The van der Waals surface area contributed by atoms with Gasteiger partial charge in [-0.1, -0.05) is 30.7 Å². The summed E-state index contributed by atoms with van der Waals surface area (Å²) in [5, 5.41) is 3.87. The maximum atomic E-state index is 11.5. The van der Waals surface area contributed by atoms with Crippen molar-refractivity contribution >= 4 is 29.3 Å². The predicted octanol–water partition coefficient (Wildman–Crippen LogP) is 2.04. The highest BCUT2D eigenvalue weighted by atomic mass is 35.5. The van der Waals surface area contributed by atoms with E-state index in [-0.39, 0.29) is 5.91 Å². The molecule has 0 saturated heterocycles. The maximum Gasteiger partial charge on any atom is 0.230 e. The van der Waals surface area contributed by atoms with Gasteiger partial charge in [0.2, 0.25) is 5.91 Å². The number of halogens is 1. The highest BCUT2D eigenvalue weighted by Crippen LogP contribution is 2.10. The Morgan fingerprint density at radius 3 is 2.71 bits per heavy atom. The van der Waals surface area contributed by atoms with Gasteiger partial charge in [0.15, 0.2) is 0 Å². The molecule has 1 unspecified atom stereocenters. The number of rotatable bonds is 6. The molecule has 0 heterocycles. The standard InChI is InChI=1S/C12H17ClN2OS/c1-9(6-14)17-8-12(16)15-7-10-2-4-11(13)5-3-10/h2-5,9H,6-8,14H2,1H3,(H,15,16). The molecule has 1 rings (SSSR count). The summed E-state index contributed by atoms with van der Waals surface area (Å²) < 4.78 is 0. The molecule has 0 spiro atoms. The van der Waals surface area contributed by atoms with Gasteiger partial charge in [-0.05, 0) is 17.7 Å². The van der Waals surface area contributed by atoms with Gasteiger partial charge in [0.25, 0.3) is 0 Å². The van der Waals surface area contributed by atoms with E-state index >= 15 is 0 Å². The van der Waals surface area contributed by atoms with E-state index in [1.165, 1.54) is 0 Å². The van der Waals surface area contributed by atoms with Crippen LogP contribution in [0.3, 0.4) is 0 Å². The summed E-state index contributed by atoms with van der Waals surface area (Å²) in [7, 11) is 0. The summed E-state index contributed by atoms with van der Waals surface area (Å²) in [4.78, 5) is 11.5. The molecule has 0 aliphatic carbocycles. The summed E-state index contributed by atoms with van der Waals surface area (Å²) in [6, 6.07) is 7.43. The van der Waals surface area contributed by atoms with Crippen molar-refractivity contribution in [2.75, 3.05) is 12.3 Å². The zero-order valence-corrected chi connectivity index (χ0v) is 11.4. The number of thioether (sulfide) groups is 1. The Balaban J connectivity index is 2.26. The van der Waals surface area contributed by atoms with Crippen LogP contribution in [0.15, 0.2) is 24.3 Å². The van der Waals surface area contributed by atoms with Crippen LogP contribution in [-0.4, -0.2) is 23.5 Å². The SMILES string of the molecule is CC(CN)SCC(=O)NCc1ccc(Cl)cc1. The molecule has 3 N–H and O–H groups in total. The first kappa shape index (κ1) is 14.4. The topological polar surface area (TPSA) is 55.1 Å². The molecule has 3 nitrogen and oxygen atoms in total. The van der Waals surface area contributed by atoms with E-state index < -0.39 is 0 Å². The monoisotopic (exact) mass is 272 g/mol. The van der Waals surface area contributed by atoms with Crippen LogP contribution in [0.5, 0.6) is 0 Å².